The van der Waals surface area contributed by atoms with Gasteiger partial charge in [-0.25, -0.2) is 4.79 Å². The smallest absolute Gasteiger partial charge is 0.410 e. The van der Waals surface area contributed by atoms with Crippen molar-refractivity contribution < 1.29 is 14.3 Å². The van der Waals surface area contributed by atoms with Gasteiger partial charge in [0.2, 0.25) is 5.91 Å². The van der Waals surface area contributed by atoms with E-state index in [1.165, 1.54) is 0 Å². The number of amides is 2. The van der Waals surface area contributed by atoms with Gasteiger partial charge in [-0.05, 0) is 33.6 Å². The van der Waals surface area contributed by atoms with Crippen LogP contribution in [-0.4, -0.2) is 58.5 Å². The summed E-state index contributed by atoms with van der Waals surface area (Å²) in [6.07, 6.45) is 1.58. The zero-order valence-electron chi connectivity index (χ0n) is 11.7. The minimum atomic E-state index is -0.489. The first-order valence-electron chi connectivity index (χ1n) is 6.62. The summed E-state index contributed by atoms with van der Waals surface area (Å²) in [5.41, 5.74) is -0.669. The Morgan fingerprint density at radius 2 is 1.89 bits per heavy atom. The minimum absolute atomic E-state index is 0.00812. The zero-order valence-corrected chi connectivity index (χ0v) is 12.5. The Labute approximate surface area is 118 Å². The number of nitrogens with zero attached hydrogens (tertiary/aromatic N) is 2. The van der Waals surface area contributed by atoms with E-state index in [2.05, 4.69) is 0 Å². The third kappa shape index (κ3) is 3.14. The highest BCUT2D eigenvalue weighted by Crippen LogP contribution is 2.44. The predicted octanol–water partition coefficient (Wildman–Crippen LogP) is 1.84. The van der Waals surface area contributed by atoms with Crippen molar-refractivity contribution in [2.24, 2.45) is 0 Å². The fraction of sp³-hybridized carbons (Fsp3) is 0.846. The highest BCUT2D eigenvalue weighted by molar-refractivity contribution is 6.27. The standard InChI is InChI=1S/C13H21ClN2O3/c1-12(2,3)19-11(18)15-6-7-16(10(17)8-14)13(9-15)4-5-13/h4-9H2,1-3H3. The Bertz CT molecular complexity index is 388. The lowest BCUT2D eigenvalue weighted by Gasteiger charge is -2.42. The van der Waals surface area contributed by atoms with Crippen LogP contribution in [-0.2, 0) is 9.53 Å². The van der Waals surface area contributed by atoms with E-state index in [9.17, 15) is 9.59 Å². The van der Waals surface area contributed by atoms with Crippen LogP contribution in [0.3, 0.4) is 0 Å². The second-order valence-corrected chi connectivity index (χ2v) is 6.57. The second kappa shape index (κ2) is 4.85. The number of alkyl halides is 1. The van der Waals surface area contributed by atoms with Gasteiger partial charge in [-0.1, -0.05) is 0 Å². The van der Waals surface area contributed by atoms with Crippen molar-refractivity contribution in [3.8, 4) is 0 Å². The lowest BCUT2D eigenvalue weighted by molar-refractivity contribution is -0.134. The maximum atomic E-state index is 12.0. The third-order valence-corrected chi connectivity index (χ3v) is 3.77. The average Bonchev–Trinajstić information content (AvgIpc) is 3.06. The molecule has 1 saturated heterocycles. The van der Waals surface area contributed by atoms with Crippen LogP contribution in [0.4, 0.5) is 4.79 Å². The maximum Gasteiger partial charge on any atom is 0.410 e. The first kappa shape index (κ1) is 14.4. The third-order valence-electron chi connectivity index (χ3n) is 3.55. The Balaban J connectivity index is 1.99. The van der Waals surface area contributed by atoms with Crippen molar-refractivity contribution in [2.45, 2.75) is 44.8 Å². The summed E-state index contributed by atoms with van der Waals surface area (Å²) < 4.78 is 5.38. The van der Waals surface area contributed by atoms with E-state index in [1.807, 2.05) is 25.7 Å². The van der Waals surface area contributed by atoms with Gasteiger partial charge in [0.05, 0.1) is 5.54 Å². The van der Waals surface area contributed by atoms with Crippen LogP contribution >= 0.6 is 11.6 Å². The van der Waals surface area contributed by atoms with Crippen LogP contribution < -0.4 is 0 Å². The van der Waals surface area contributed by atoms with Gasteiger partial charge in [0.15, 0.2) is 0 Å². The van der Waals surface area contributed by atoms with Crippen molar-refractivity contribution >= 4 is 23.6 Å². The molecule has 0 aromatic heterocycles. The van der Waals surface area contributed by atoms with Crippen LogP contribution in [0.25, 0.3) is 0 Å². The molecule has 6 heteroatoms. The first-order chi connectivity index (χ1) is 8.77. The highest BCUT2D eigenvalue weighted by Gasteiger charge is 2.54. The normalized spacial score (nSPS) is 21.5. The Kier molecular flexibility index (Phi) is 3.69. The molecule has 0 bridgehead atoms. The topological polar surface area (TPSA) is 49.9 Å². The zero-order chi connectivity index (χ0) is 14.3. The van der Waals surface area contributed by atoms with Crippen LogP contribution in [0.1, 0.15) is 33.6 Å². The monoisotopic (exact) mass is 288 g/mol. The Hall–Kier alpha value is -0.970. The van der Waals surface area contributed by atoms with Crippen molar-refractivity contribution in [3.05, 3.63) is 0 Å². The van der Waals surface area contributed by atoms with Gasteiger partial charge in [0.25, 0.3) is 0 Å². The molecule has 2 fully saturated rings. The van der Waals surface area contributed by atoms with E-state index < -0.39 is 5.60 Å². The molecule has 1 spiro atoms. The molecule has 19 heavy (non-hydrogen) atoms. The molecule has 2 rings (SSSR count). The molecule has 0 radical (unpaired) electrons. The molecule has 0 atom stereocenters. The molecule has 2 aliphatic rings. The summed E-state index contributed by atoms with van der Waals surface area (Å²) in [4.78, 5) is 27.4. The second-order valence-electron chi connectivity index (χ2n) is 6.31. The Morgan fingerprint density at radius 1 is 1.26 bits per heavy atom. The van der Waals surface area contributed by atoms with Crippen molar-refractivity contribution in [1.82, 2.24) is 9.80 Å². The van der Waals surface area contributed by atoms with E-state index in [0.29, 0.717) is 19.6 Å². The van der Waals surface area contributed by atoms with Gasteiger partial charge in [-0.15, -0.1) is 11.6 Å². The molecule has 1 aliphatic carbocycles. The number of halogens is 1. The SMILES string of the molecule is CC(C)(C)OC(=O)N1CCN(C(=O)CCl)C2(CC2)C1. The van der Waals surface area contributed by atoms with Crippen LogP contribution in [0.5, 0.6) is 0 Å². The molecule has 0 aromatic carbocycles. The summed E-state index contributed by atoms with van der Waals surface area (Å²) >= 11 is 5.63. The van der Waals surface area contributed by atoms with Crippen LogP contribution in [0.15, 0.2) is 0 Å². The van der Waals surface area contributed by atoms with Gasteiger partial charge in [-0.3, -0.25) is 4.79 Å². The van der Waals surface area contributed by atoms with Gasteiger partial charge in [-0.2, -0.15) is 0 Å². The van der Waals surface area contributed by atoms with E-state index in [-0.39, 0.29) is 23.4 Å². The van der Waals surface area contributed by atoms with Crippen molar-refractivity contribution in [2.75, 3.05) is 25.5 Å². The number of hydrogen-bond acceptors (Lipinski definition) is 3. The largest absolute Gasteiger partial charge is 0.444 e. The molecule has 108 valence electrons. The van der Waals surface area contributed by atoms with E-state index in [4.69, 9.17) is 16.3 Å². The predicted molar refractivity (Wildman–Crippen MR) is 72.2 cm³/mol. The van der Waals surface area contributed by atoms with Crippen LogP contribution in [0, 0.1) is 0 Å². The number of carbonyl (C=O) groups excluding carboxylic acids is 2. The number of piperazine rings is 1. The highest BCUT2D eigenvalue weighted by atomic mass is 35.5. The molecule has 1 heterocycles. The average molecular weight is 289 g/mol. The molecule has 0 aromatic rings. The summed E-state index contributed by atoms with van der Waals surface area (Å²) in [6, 6.07) is 0. The number of carbonyl (C=O) groups is 2. The molecule has 5 nitrogen and oxygen atoms in total. The molecule has 0 unspecified atom stereocenters. The van der Waals surface area contributed by atoms with Crippen LogP contribution in [0.2, 0.25) is 0 Å². The maximum absolute atomic E-state index is 12.0. The fourth-order valence-corrected chi connectivity index (χ4v) is 2.64. The number of hydrogen-bond donors (Lipinski definition) is 0. The summed E-state index contributed by atoms with van der Waals surface area (Å²) in [7, 11) is 0. The molecule has 1 saturated carbocycles. The van der Waals surface area contributed by atoms with Gasteiger partial charge >= 0.3 is 6.09 Å². The Morgan fingerprint density at radius 3 is 2.37 bits per heavy atom. The minimum Gasteiger partial charge on any atom is -0.444 e. The first-order valence-corrected chi connectivity index (χ1v) is 7.15. The quantitative estimate of drug-likeness (QED) is 0.692. The molecule has 1 aliphatic heterocycles. The molecule has 0 N–H and O–H groups in total. The number of ether oxygens (including phenoxy) is 1. The number of rotatable bonds is 1. The summed E-state index contributed by atoms with van der Waals surface area (Å²) in [5.74, 6) is -0.0308. The molecular formula is C13H21ClN2O3. The summed E-state index contributed by atoms with van der Waals surface area (Å²) in [5, 5.41) is 0. The van der Waals surface area contributed by atoms with Gasteiger partial charge in [0.1, 0.15) is 11.5 Å². The fourth-order valence-electron chi connectivity index (χ4n) is 2.49. The van der Waals surface area contributed by atoms with Gasteiger partial charge < -0.3 is 14.5 Å². The lowest BCUT2D eigenvalue weighted by Crippen LogP contribution is -2.59. The van der Waals surface area contributed by atoms with Gasteiger partial charge in [0, 0.05) is 19.6 Å². The molecular weight excluding hydrogens is 268 g/mol. The molecule has 2 amide bonds. The van der Waals surface area contributed by atoms with E-state index in [0.717, 1.165) is 12.8 Å². The van der Waals surface area contributed by atoms with E-state index >= 15 is 0 Å². The van der Waals surface area contributed by atoms with Crippen molar-refractivity contribution in [1.29, 1.82) is 0 Å². The van der Waals surface area contributed by atoms with Crippen molar-refractivity contribution in [3.63, 3.8) is 0 Å². The van der Waals surface area contributed by atoms with E-state index in [1.54, 1.807) is 4.90 Å². The summed E-state index contributed by atoms with van der Waals surface area (Å²) in [6.45, 7) is 7.18. The lowest BCUT2D eigenvalue weighted by atomic mass is 10.1.